The number of nitrogens with zero attached hydrogens (tertiary/aromatic N) is 1. The van der Waals surface area contributed by atoms with Gasteiger partial charge in [-0.3, -0.25) is 9.59 Å². The molecule has 1 fully saturated rings. The van der Waals surface area contributed by atoms with E-state index in [1.807, 2.05) is 32.0 Å². The molecule has 2 aromatic carbocycles. The molecular weight excluding hydrogens is 357 g/mol. The van der Waals surface area contributed by atoms with Crippen molar-refractivity contribution in [1.29, 1.82) is 0 Å². The lowest BCUT2D eigenvalue weighted by Crippen LogP contribution is -2.38. The minimum absolute atomic E-state index is 0.0485. The summed E-state index contributed by atoms with van der Waals surface area (Å²) in [5.41, 5.74) is 1.42. The molecule has 4 nitrogen and oxygen atoms in total. The summed E-state index contributed by atoms with van der Waals surface area (Å²) >= 11 is 0. The number of nitrogens with one attached hydrogen (secondary N) is 1. The van der Waals surface area contributed by atoms with Crippen LogP contribution in [-0.4, -0.2) is 24.4 Å². The molecule has 1 N–H and O–H groups in total. The van der Waals surface area contributed by atoms with Gasteiger partial charge in [0.1, 0.15) is 0 Å². The summed E-state index contributed by atoms with van der Waals surface area (Å²) < 4.78 is 39.3. The molecule has 1 unspecified atom stereocenters. The van der Waals surface area contributed by atoms with E-state index >= 15 is 0 Å². The number of aryl methyl sites for hydroxylation is 2. The van der Waals surface area contributed by atoms with Crippen LogP contribution < -0.4 is 10.2 Å². The number of benzene rings is 2. The highest BCUT2D eigenvalue weighted by Crippen LogP contribution is 2.32. The fourth-order valence-corrected chi connectivity index (χ4v) is 3.14. The van der Waals surface area contributed by atoms with Gasteiger partial charge in [0, 0.05) is 18.7 Å². The van der Waals surface area contributed by atoms with Crippen LogP contribution in [0, 0.1) is 13.8 Å². The smallest absolute Gasteiger partial charge is 0.347 e. The Hall–Kier alpha value is -2.83. The van der Waals surface area contributed by atoms with E-state index in [4.69, 9.17) is 0 Å². The van der Waals surface area contributed by atoms with E-state index in [2.05, 4.69) is 5.32 Å². The van der Waals surface area contributed by atoms with Gasteiger partial charge in [-0.15, -0.1) is 0 Å². The first-order valence-electron chi connectivity index (χ1n) is 8.51. The fraction of sp³-hybridized carbons (Fsp3) is 0.300. The zero-order valence-corrected chi connectivity index (χ0v) is 14.9. The predicted octanol–water partition coefficient (Wildman–Crippen LogP) is 3.86. The average molecular weight is 376 g/mol. The van der Waals surface area contributed by atoms with E-state index in [9.17, 15) is 22.8 Å². The van der Waals surface area contributed by atoms with Gasteiger partial charge in [0.25, 0.3) is 5.91 Å². The van der Waals surface area contributed by atoms with Crippen LogP contribution in [0.15, 0.2) is 42.5 Å². The van der Waals surface area contributed by atoms with Gasteiger partial charge in [0.15, 0.2) is 0 Å². The van der Waals surface area contributed by atoms with Gasteiger partial charge in [-0.1, -0.05) is 18.2 Å². The van der Waals surface area contributed by atoms with Gasteiger partial charge in [-0.25, -0.2) is 0 Å². The second kappa shape index (κ2) is 7.06. The largest absolute Gasteiger partial charge is 0.417 e. The minimum atomic E-state index is -4.62. The Morgan fingerprint density at radius 1 is 1.11 bits per heavy atom. The summed E-state index contributed by atoms with van der Waals surface area (Å²) in [7, 11) is 0. The van der Waals surface area contributed by atoms with Crippen LogP contribution in [0.25, 0.3) is 0 Å². The van der Waals surface area contributed by atoms with E-state index in [-0.39, 0.29) is 18.9 Å². The molecule has 1 aliphatic rings. The lowest BCUT2D eigenvalue weighted by molar-refractivity contribution is -0.138. The van der Waals surface area contributed by atoms with Crippen LogP contribution in [0.2, 0.25) is 0 Å². The summed E-state index contributed by atoms with van der Waals surface area (Å²) in [6, 6.07) is 9.69. The Labute approximate surface area is 155 Å². The molecule has 1 aliphatic heterocycles. The van der Waals surface area contributed by atoms with Crippen molar-refractivity contribution in [2.24, 2.45) is 0 Å². The molecule has 0 spiro atoms. The van der Waals surface area contributed by atoms with Crippen molar-refractivity contribution in [2.75, 3.05) is 11.4 Å². The number of alkyl halides is 3. The van der Waals surface area contributed by atoms with Crippen molar-refractivity contribution < 1.29 is 22.8 Å². The number of carbonyl (C=O) groups excluding carboxylic acids is 2. The zero-order chi connectivity index (χ0) is 19.8. The summed E-state index contributed by atoms with van der Waals surface area (Å²) in [4.78, 5) is 26.2. The fourth-order valence-electron chi connectivity index (χ4n) is 3.14. The number of hydrogen-bond donors (Lipinski definition) is 1. The van der Waals surface area contributed by atoms with Crippen LogP contribution in [0.3, 0.4) is 0 Å². The Bertz CT molecular complexity index is 893. The molecule has 0 bridgehead atoms. The summed E-state index contributed by atoms with van der Waals surface area (Å²) in [6.07, 6.45) is -4.57. The van der Waals surface area contributed by atoms with E-state index in [0.29, 0.717) is 0 Å². The van der Waals surface area contributed by atoms with Crippen molar-refractivity contribution in [3.05, 3.63) is 64.7 Å². The highest BCUT2D eigenvalue weighted by molar-refractivity contribution is 5.99. The predicted molar refractivity (Wildman–Crippen MR) is 95.6 cm³/mol. The van der Waals surface area contributed by atoms with E-state index in [1.54, 1.807) is 4.90 Å². The molecule has 0 aromatic heterocycles. The van der Waals surface area contributed by atoms with Crippen molar-refractivity contribution in [1.82, 2.24) is 5.32 Å². The second-order valence-electron chi connectivity index (χ2n) is 6.69. The maximum absolute atomic E-state index is 13.1. The molecule has 142 valence electrons. The maximum atomic E-state index is 13.1. The monoisotopic (exact) mass is 376 g/mol. The Morgan fingerprint density at radius 3 is 2.48 bits per heavy atom. The first kappa shape index (κ1) is 18.9. The van der Waals surface area contributed by atoms with Gasteiger partial charge < -0.3 is 10.2 Å². The van der Waals surface area contributed by atoms with E-state index in [1.165, 1.54) is 12.1 Å². The molecule has 0 aliphatic carbocycles. The second-order valence-corrected chi connectivity index (χ2v) is 6.69. The van der Waals surface area contributed by atoms with Crippen LogP contribution in [0.4, 0.5) is 18.9 Å². The standard InChI is InChI=1S/C20H19F3N2O2/c1-12-7-8-15(9-13(12)2)25-11-14(10-18(25)26)24-19(27)16-5-3-4-6-17(16)20(21,22)23/h3-9,14H,10-11H2,1-2H3,(H,24,27). The molecular formula is C20H19F3N2O2. The first-order valence-corrected chi connectivity index (χ1v) is 8.51. The Morgan fingerprint density at radius 2 is 1.81 bits per heavy atom. The Balaban J connectivity index is 1.75. The van der Waals surface area contributed by atoms with Crippen molar-refractivity contribution in [3.63, 3.8) is 0 Å². The van der Waals surface area contributed by atoms with Gasteiger partial charge in [0.05, 0.1) is 17.2 Å². The lowest BCUT2D eigenvalue weighted by Gasteiger charge is -2.19. The third-order valence-corrected chi connectivity index (χ3v) is 4.74. The van der Waals surface area contributed by atoms with Crippen molar-refractivity contribution in [3.8, 4) is 0 Å². The van der Waals surface area contributed by atoms with Gasteiger partial charge in [-0.05, 0) is 49.2 Å². The highest BCUT2D eigenvalue weighted by Gasteiger charge is 2.36. The van der Waals surface area contributed by atoms with E-state index in [0.717, 1.165) is 28.9 Å². The summed E-state index contributed by atoms with van der Waals surface area (Å²) in [5, 5.41) is 2.56. The van der Waals surface area contributed by atoms with Gasteiger partial charge >= 0.3 is 6.18 Å². The first-order chi connectivity index (χ1) is 12.7. The van der Waals surface area contributed by atoms with E-state index < -0.39 is 29.3 Å². The molecule has 3 rings (SSSR count). The molecule has 0 saturated carbocycles. The van der Waals surface area contributed by atoms with Gasteiger partial charge in [-0.2, -0.15) is 13.2 Å². The molecule has 1 saturated heterocycles. The highest BCUT2D eigenvalue weighted by atomic mass is 19.4. The number of rotatable bonds is 3. The maximum Gasteiger partial charge on any atom is 0.417 e. The normalized spacial score (nSPS) is 17.3. The molecule has 2 amide bonds. The third kappa shape index (κ3) is 3.97. The molecule has 2 aromatic rings. The van der Waals surface area contributed by atoms with Crippen molar-refractivity contribution >= 4 is 17.5 Å². The SMILES string of the molecule is Cc1ccc(N2CC(NC(=O)c3ccccc3C(F)(F)F)CC2=O)cc1C. The van der Waals surface area contributed by atoms with Gasteiger partial charge in [0.2, 0.25) is 5.91 Å². The third-order valence-electron chi connectivity index (χ3n) is 4.74. The van der Waals surface area contributed by atoms with Crippen LogP contribution >= 0.6 is 0 Å². The average Bonchev–Trinajstić information content (AvgIpc) is 2.97. The molecule has 0 radical (unpaired) electrons. The number of hydrogen-bond acceptors (Lipinski definition) is 2. The molecule has 7 heteroatoms. The zero-order valence-electron chi connectivity index (χ0n) is 14.9. The quantitative estimate of drug-likeness (QED) is 0.884. The van der Waals surface area contributed by atoms with Crippen molar-refractivity contribution in [2.45, 2.75) is 32.5 Å². The lowest BCUT2D eigenvalue weighted by atomic mass is 10.1. The van der Waals surface area contributed by atoms with Crippen LogP contribution in [0.1, 0.15) is 33.5 Å². The minimum Gasteiger partial charge on any atom is -0.347 e. The Kier molecular flexibility index (Phi) is 4.95. The number of anilines is 1. The molecule has 1 heterocycles. The number of halogens is 3. The number of amides is 2. The molecule has 1 atom stereocenters. The van der Waals surface area contributed by atoms with Crippen LogP contribution in [0.5, 0.6) is 0 Å². The number of carbonyl (C=O) groups is 2. The topological polar surface area (TPSA) is 49.4 Å². The summed E-state index contributed by atoms with van der Waals surface area (Å²) in [6.45, 7) is 4.13. The molecule has 27 heavy (non-hydrogen) atoms. The van der Waals surface area contributed by atoms with Crippen LogP contribution in [-0.2, 0) is 11.0 Å². The summed E-state index contributed by atoms with van der Waals surface area (Å²) in [5.74, 6) is -1.00.